The fourth-order valence-electron chi connectivity index (χ4n) is 3.28. The van der Waals surface area contributed by atoms with Gasteiger partial charge in [-0.2, -0.15) is 4.98 Å². The van der Waals surface area contributed by atoms with Crippen LogP contribution >= 0.6 is 11.3 Å². The molecule has 2 heterocycles. The standard InChI is InChI=1S/C20H20N2O4S/c23-18-17-14-8-4-5-9-15(14)27-19(17)26-16(22-18)10-11-21-20(24)25-12-13-6-2-1-3-7-13/h1-3,6-7H,4-5,8-12H2,(H,21,24). The quantitative estimate of drug-likeness (QED) is 0.727. The fourth-order valence-corrected chi connectivity index (χ4v) is 4.53. The summed E-state index contributed by atoms with van der Waals surface area (Å²) in [5, 5.41) is 3.30. The molecule has 0 fully saturated rings. The Balaban J connectivity index is 1.35. The molecule has 4 rings (SSSR count). The van der Waals surface area contributed by atoms with Gasteiger partial charge in [0.2, 0.25) is 5.89 Å². The van der Waals surface area contributed by atoms with Gasteiger partial charge in [-0.25, -0.2) is 4.79 Å². The molecule has 0 bridgehead atoms. The van der Waals surface area contributed by atoms with E-state index in [9.17, 15) is 9.59 Å². The zero-order chi connectivity index (χ0) is 18.6. The molecule has 0 atom stereocenters. The minimum atomic E-state index is -0.506. The second-order valence-electron chi connectivity index (χ2n) is 6.52. The minimum Gasteiger partial charge on any atom is -0.445 e. The maximum atomic E-state index is 12.4. The second-order valence-corrected chi connectivity index (χ2v) is 7.59. The lowest BCUT2D eigenvalue weighted by molar-refractivity contribution is 0.139. The molecule has 6 nitrogen and oxygen atoms in total. The number of alkyl carbamates (subject to hydrolysis) is 1. The third kappa shape index (κ3) is 4.03. The summed E-state index contributed by atoms with van der Waals surface area (Å²) in [6, 6.07) is 9.47. The molecule has 1 aliphatic carbocycles. The van der Waals surface area contributed by atoms with Gasteiger partial charge in [0.1, 0.15) is 6.61 Å². The van der Waals surface area contributed by atoms with E-state index in [1.54, 1.807) is 11.3 Å². The number of benzene rings is 1. The predicted octanol–water partition coefficient (Wildman–Crippen LogP) is 3.60. The molecule has 1 aliphatic rings. The predicted molar refractivity (Wildman–Crippen MR) is 103 cm³/mol. The molecule has 140 valence electrons. The Kier molecular flexibility index (Phi) is 5.20. The zero-order valence-corrected chi connectivity index (χ0v) is 15.6. The number of rotatable bonds is 5. The molecule has 1 aromatic carbocycles. The van der Waals surface area contributed by atoms with Crippen LogP contribution in [0, 0.1) is 0 Å². The Hall–Kier alpha value is -2.67. The average Bonchev–Trinajstić information content (AvgIpc) is 3.06. The smallest absolute Gasteiger partial charge is 0.407 e. The van der Waals surface area contributed by atoms with Crippen LogP contribution in [0.2, 0.25) is 0 Å². The number of fused-ring (bicyclic) bond motifs is 3. The molecule has 2 aromatic heterocycles. The van der Waals surface area contributed by atoms with E-state index < -0.39 is 6.09 Å². The van der Waals surface area contributed by atoms with Gasteiger partial charge in [-0.15, -0.1) is 11.3 Å². The molecular weight excluding hydrogens is 364 g/mol. The first kappa shape index (κ1) is 17.7. The highest BCUT2D eigenvalue weighted by molar-refractivity contribution is 7.18. The van der Waals surface area contributed by atoms with Gasteiger partial charge in [-0.3, -0.25) is 4.79 Å². The molecule has 3 aromatic rings. The van der Waals surface area contributed by atoms with Crippen molar-refractivity contribution in [2.24, 2.45) is 0 Å². The Morgan fingerprint density at radius 2 is 2.04 bits per heavy atom. The van der Waals surface area contributed by atoms with Crippen LogP contribution in [0.25, 0.3) is 10.3 Å². The van der Waals surface area contributed by atoms with Crippen molar-refractivity contribution in [1.82, 2.24) is 10.3 Å². The maximum absolute atomic E-state index is 12.4. The Morgan fingerprint density at radius 3 is 2.89 bits per heavy atom. The van der Waals surface area contributed by atoms with E-state index in [4.69, 9.17) is 9.15 Å². The average molecular weight is 384 g/mol. The highest BCUT2D eigenvalue weighted by Crippen LogP contribution is 2.34. The topological polar surface area (TPSA) is 81.4 Å². The van der Waals surface area contributed by atoms with E-state index in [2.05, 4.69) is 10.3 Å². The molecule has 27 heavy (non-hydrogen) atoms. The van der Waals surface area contributed by atoms with Crippen molar-refractivity contribution in [1.29, 1.82) is 0 Å². The van der Waals surface area contributed by atoms with E-state index in [1.165, 1.54) is 4.88 Å². The number of carbonyl (C=O) groups is 1. The minimum absolute atomic E-state index is 0.215. The number of nitrogens with one attached hydrogen (secondary N) is 1. The van der Waals surface area contributed by atoms with Gasteiger partial charge >= 0.3 is 6.09 Å². The van der Waals surface area contributed by atoms with Crippen molar-refractivity contribution in [2.75, 3.05) is 6.54 Å². The third-order valence-corrected chi connectivity index (χ3v) is 5.78. The van der Waals surface area contributed by atoms with Gasteiger partial charge in [-0.1, -0.05) is 30.3 Å². The first-order chi connectivity index (χ1) is 13.2. The van der Waals surface area contributed by atoms with Crippen LogP contribution in [0.3, 0.4) is 0 Å². The van der Waals surface area contributed by atoms with Crippen molar-refractivity contribution in [3.05, 3.63) is 62.6 Å². The monoisotopic (exact) mass is 384 g/mol. The number of hydrogen-bond donors (Lipinski definition) is 1. The van der Waals surface area contributed by atoms with E-state index in [0.29, 0.717) is 29.1 Å². The highest BCUT2D eigenvalue weighted by atomic mass is 32.1. The summed E-state index contributed by atoms with van der Waals surface area (Å²) in [4.78, 5) is 30.2. The largest absolute Gasteiger partial charge is 0.445 e. The summed E-state index contributed by atoms with van der Waals surface area (Å²) < 4.78 is 11.0. The molecule has 1 N–H and O–H groups in total. The van der Waals surface area contributed by atoms with Crippen molar-refractivity contribution in [2.45, 2.75) is 38.7 Å². The highest BCUT2D eigenvalue weighted by Gasteiger charge is 2.21. The van der Waals surface area contributed by atoms with Gasteiger partial charge in [0.25, 0.3) is 5.56 Å². The third-order valence-electron chi connectivity index (χ3n) is 4.61. The molecule has 0 unspecified atom stereocenters. The van der Waals surface area contributed by atoms with E-state index in [-0.39, 0.29) is 12.2 Å². The molecule has 0 aliphatic heterocycles. The van der Waals surface area contributed by atoms with Crippen LogP contribution in [0.1, 0.15) is 34.7 Å². The van der Waals surface area contributed by atoms with Crippen LogP contribution in [-0.2, 0) is 30.6 Å². The first-order valence-corrected chi connectivity index (χ1v) is 9.91. The fraction of sp³-hybridized carbons (Fsp3) is 0.350. The SMILES string of the molecule is O=C(NCCc1nc(=O)c2c3c(sc2o1)CCCC3)OCc1ccccc1. The van der Waals surface area contributed by atoms with Crippen molar-refractivity contribution >= 4 is 27.7 Å². The Labute approximate surface area is 160 Å². The van der Waals surface area contributed by atoms with Crippen molar-refractivity contribution < 1.29 is 13.9 Å². The molecule has 0 spiro atoms. The number of ether oxygens (including phenoxy) is 1. The number of thiophene rings is 1. The van der Waals surface area contributed by atoms with Gasteiger partial charge in [0, 0.05) is 17.8 Å². The molecule has 0 saturated carbocycles. The lowest BCUT2D eigenvalue weighted by atomic mass is 9.97. The summed E-state index contributed by atoms with van der Waals surface area (Å²) in [6.45, 7) is 0.507. The normalized spacial score (nSPS) is 13.3. The van der Waals surface area contributed by atoms with E-state index in [0.717, 1.165) is 36.8 Å². The molecular formula is C20H20N2O4S. The number of aryl methyl sites for hydroxylation is 2. The van der Waals surface area contributed by atoms with Gasteiger partial charge in [-0.05, 0) is 36.8 Å². The number of nitrogens with zero attached hydrogens (tertiary/aromatic N) is 1. The number of carbonyl (C=O) groups excluding carboxylic acids is 1. The number of amides is 1. The Morgan fingerprint density at radius 1 is 1.22 bits per heavy atom. The number of aromatic nitrogens is 1. The van der Waals surface area contributed by atoms with Crippen LogP contribution in [-0.4, -0.2) is 17.6 Å². The summed E-state index contributed by atoms with van der Waals surface area (Å²) in [5.74, 6) is 0.342. The van der Waals surface area contributed by atoms with Crippen LogP contribution in [0.15, 0.2) is 39.5 Å². The van der Waals surface area contributed by atoms with Gasteiger partial charge < -0.3 is 14.5 Å². The van der Waals surface area contributed by atoms with Crippen molar-refractivity contribution in [3.8, 4) is 0 Å². The van der Waals surface area contributed by atoms with Gasteiger partial charge in [0.15, 0.2) is 4.90 Å². The summed E-state index contributed by atoms with van der Waals surface area (Å²) >= 11 is 1.55. The Bertz CT molecular complexity index is 1010. The lowest BCUT2D eigenvalue weighted by Gasteiger charge is -2.09. The molecule has 0 radical (unpaired) electrons. The molecule has 1 amide bonds. The van der Waals surface area contributed by atoms with E-state index in [1.807, 2.05) is 30.3 Å². The first-order valence-electron chi connectivity index (χ1n) is 9.09. The summed E-state index contributed by atoms with van der Waals surface area (Å²) in [7, 11) is 0. The lowest BCUT2D eigenvalue weighted by Crippen LogP contribution is -2.27. The summed E-state index contributed by atoms with van der Waals surface area (Å²) in [6.07, 6.45) is 4.03. The summed E-state index contributed by atoms with van der Waals surface area (Å²) in [5.41, 5.74) is 1.82. The van der Waals surface area contributed by atoms with Crippen LogP contribution in [0.4, 0.5) is 4.79 Å². The van der Waals surface area contributed by atoms with E-state index >= 15 is 0 Å². The van der Waals surface area contributed by atoms with Crippen LogP contribution < -0.4 is 10.9 Å². The molecule has 0 saturated heterocycles. The van der Waals surface area contributed by atoms with Gasteiger partial charge in [0.05, 0.1) is 5.39 Å². The van der Waals surface area contributed by atoms with Crippen LogP contribution in [0.5, 0.6) is 0 Å². The number of hydrogen-bond acceptors (Lipinski definition) is 6. The maximum Gasteiger partial charge on any atom is 0.407 e. The van der Waals surface area contributed by atoms with Crippen molar-refractivity contribution in [3.63, 3.8) is 0 Å². The second kappa shape index (κ2) is 7.92. The zero-order valence-electron chi connectivity index (χ0n) is 14.8. The molecule has 7 heteroatoms.